The van der Waals surface area contributed by atoms with Crippen LogP contribution >= 0.6 is 0 Å². The van der Waals surface area contributed by atoms with E-state index >= 15 is 0 Å². The molecule has 172 valence electrons. The highest BCUT2D eigenvalue weighted by Crippen LogP contribution is 2.43. The molecule has 3 nitrogen and oxygen atoms in total. The van der Waals surface area contributed by atoms with Gasteiger partial charge in [-0.1, -0.05) is 62.6 Å². The van der Waals surface area contributed by atoms with E-state index in [1.54, 1.807) is 36.5 Å². The van der Waals surface area contributed by atoms with Gasteiger partial charge in [-0.05, 0) is 72.4 Å². The first-order valence-electron chi connectivity index (χ1n) is 12.4. The Balaban J connectivity index is 1.63. The molecule has 2 aromatic rings. The number of aryl methyl sites for hydroxylation is 1. The average Bonchev–Trinajstić information content (AvgIpc) is 2.83. The Morgan fingerprint density at radius 1 is 1.03 bits per heavy atom. The van der Waals surface area contributed by atoms with Crippen molar-refractivity contribution < 1.29 is 9.47 Å². The van der Waals surface area contributed by atoms with Crippen LogP contribution in [0.4, 0.5) is 0 Å². The number of benzene rings is 2. The van der Waals surface area contributed by atoms with Gasteiger partial charge in [-0.3, -0.25) is 4.90 Å². The van der Waals surface area contributed by atoms with Crippen LogP contribution < -0.4 is 9.47 Å². The third-order valence-corrected chi connectivity index (χ3v) is 7.53. The van der Waals surface area contributed by atoms with Gasteiger partial charge in [-0.2, -0.15) is 0 Å². The second-order valence-electron chi connectivity index (χ2n) is 9.46. The van der Waals surface area contributed by atoms with E-state index < -0.39 is 0 Å². The summed E-state index contributed by atoms with van der Waals surface area (Å²) in [6.45, 7) is 9.29. The van der Waals surface area contributed by atoms with Crippen LogP contribution in [0, 0.1) is 0 Å². The van der Waals surface area contributed by atoms with Crippen molar-refractivity contribution >= 4 is 0 Å². The summed E-state index contributed by atoms with van der Waals surface area (Å²) < 4.78 is 11.3. The number of fused-ring (bicyclic) bond motifs is 3. The van der Waals surface area contributed by atoms with Gasteiger partial charge >= 0.3 is 0 Å². The van der Waals surface area contributed by atoms with E-state index in [-0.39, 0.29) is 0 Å². The van der Waals surface area contributed by atoms with E-state index in [2.05, 4.69) is 62.1 Å². The summed E-state index contributed by atoms with van der Waals surface area (Å²) in [5.74, 6) is 2.14. The number of hydrogen-bond donors (Lipinski definition) is 0. The summed E-state index contributed by atoms with van der Waals surface area (Å²) in [5.41, 5.74) is 9.25. The molecule has 2 atom stereocenters. The van der Waals surface area contributed by atoms with Gasteiger partial charge in [0.25, 0.3) is 0 Å². The maximum atomic E-state index is 5.66. The lowest BCUT2D eigenvalue weighted by Crippen LogP contribution is -2.40. The lowest BCUT2D eigenvalue weighted by Gasteiger charge is -2.43. The molecule has 0 aliphatic carbocycles. The van der Waals surface area contributed by atoms with E-state index in [1.165, 1.54) is 30.5 Å². The zero-order valence-corrected chi connectivity index (χ0v) is 20.5. The van der Waals surface area contributed by atoms with Crippen LogP contribution in [0.1, 0.15) is 80.7 Å². The Labute approximate surface area is 194 Å². The largest absolute Gasteiger partial charge is 0.493 e. The summed E-state index contributed by atoms with van der Waals surface area (Å²) in [6.07, 6.45) is 6.83. The van der Waals surface area contributed by atoms with Crippen molar-refractivity contribution in [3.63, 3.8) is 0 Å². The van der Waals surface area contributed by atoms with Gasteiger partial charge in [0.15, 0.2) is 11.5 Å². The van der Waals surface area contributed by atoms with E-state index in [0.29, 0.717) is 12.0 Å². The number of ether oxygens (including phenoxy) is 2. The minimum Gasteiger partial charge on any atom is -0.493 e. The molecule has 0 saturated heterocycles. The second-order valence-corrected chi connectivity index (χ2v) is 9.46. The van der Waals surface area contributed by atoms with Crippen LogP contribution in [-0.2, 0) is 12.8 Å². The monoisotopic (exact) mass is 433 g/mol. The Bertz CT molecular complexity index is 977. The normalized spacial score (nSPS) is 19.3. The first kappa shape index (κ1) is 22.9. The Kier molecular flexibility index (Phi) is 7.25. The molecule has 0 saturated carbocycles. The minimum absolute atomic E-state index is 0.457. The molecule has 0 aromatic heterocycles. The summed E-state index contributed by atoms with van der Waals surface area (Å²) in [6, 6.07) is 14.1. The van der Waals surface area contributed by atoms with Crippen LogP contribution in [0.15, 0.2) is 47.5 Å². The fraction of sp³-hybridized carbons (Fsp3) is 0.517. The average molecular weight is 434 g/mol. The smallest absolute Gasteiger partial charge is 0.161 e. The molecule has 0 fully saturated rings. The van der Waals surface area contributed by atoms with E-state index in [9.17, 15) is 0 Å². The van der Waals surface area contributed by atoms with Crippen LogP contribution in [0.5, 0.6) is 11.5 Å². The van der Waals surface area contributed by atoms with Crippen LogP contribution in [0.3, 0.4) is 0 Å². The molecular weight excluding hydrogens is 394 g/mol. The highest BCUT2D eigenvalue weighted by atomic mass is 16.5. The standard InChI is InChI=1S/C29H39NO2/c1-6-10-23-17-28(31-4)29(32-5)18-26(23)20(3)15-24-16-27-25-12-9-8-11-22(25)13-14-30(27)19-21(24)7-2/h8-9,11-12,17-18,20,27H,6-7,10,13-16,19H2,1-5H3. The fourth-order valence-electron chi connectivity index (χ4n) is 5.82. The molecule has 32 heavy (non-hydrogen) atoms. The number of hydrogen-bond acceptors (Lipinski definition) is 3. The molecule has 0 N–H and O–H groups in total. The molecular formula is C29H39NO2. The van der Waals surface area contributed by atoms with E-state index in [4.69, 9.17) is 9.47 Å². The molecule has 0 amide bonds. The van der Waals surface area contributed by atoms with Crippen molar-refractivity contribution in [3.05, 3.63) is 69.8 Å². The molecule has 2 heterocycles. The maximum absolute atomic E-state index is 5.66. The first-order valence-corrected chi connectivity index (χ1v) is 12.4. The number of nitrogens with zero attached hydrogens (tertiary/aromatic N) is 1. The van der Waals surface area contributed by atoms with Crippen molar-refractivity contribution in [2.45, 2.75) is 71.3 Å². The molecule has 2 unspecified atom stereocenters. The molecule has 4 rings (SSSR count). The van der Waals surface area contributed by atoms with Gasteiger partial charge in [0.05, 0.1) is 14.2 Å². The minimum atomic E-state index is 0.457. The number of methoxy groups -OCH3 is 2. The third-order valence-electron chi connectivity index (χ3n) is 7.53. The van der Waals surface area contributed by atoms with Gasteiger partial charge in [0.1, 0.15) is 0 Å². The van der Waals surface area contributed by atoms with Gasteiger partial charge in [0.2, 0.25) is 0 Å². The summed E-state index contributed by atoms with van der Waals surface area (Å²) >= 11 is 0. The zero-order valence-electron chi connectivity index (χ0n) is 20.5. The Morgan fingerprint density at radius 3 is 2.50 bits per heavy atom. The van der Waals surface area contributed by atoms with E-state index in [0.717, 1.165) is 43.7 Å². The summed E-state index contributed by atoms with van der Waals surface area (Å²) in [7, 11) is 3.46. The highest BCUT2D eigenvalue weighted by molar-refractivity contribution is 5.49. The third kappa shape index (κ3) is 4.45. The predicted octanol–water partition coefficient (Wildman–Crippen LogP) is 6.86. The summed E-state index contributed by atoms with van der Waals surface area (Å²) in [4.78, 5) is 2.72. The maximum Gasteiger partial charge on any atom is 0.161 e. The first-order chi connectivity index (χ1) is 15.6. The van der Waals surface area contributed by atoms with Crippen LogP contribution in [0.2, 0.25) is 0 Å². The van der Waals surface area contributed by atoms with Crippen LogP contribution in [-0.4, -0.2) is 32.2 Å². The SMILES string of the molecule is CCCc1cc(OC)c(OC)cc1C(C)CC1=C(CC)CN2CCc3ccccc3C2C1. The fourth-order valence-corrected chi connectivity index (χ4v) is 5.82. The van der Waals surface area contributed by atoms with Gasteiger partial charge in [0, 0.05) is 19.1 Å². The predicted molar refractivity (Wildman–Crippen MR) is 133 cm³/mol. The van der Waals surface area contributed by atoms with Crippen LogP contribution in [0.25, 0.3) is 0 Å². The molecule has 0 bridgehead atoms. The van der Waals surface area contributed by atoms with Gasteiger partial charge in [-0.15, -0.1) is 0 Å². The van der Waals surface area contributed by atoms with E-state index in [1.807, 2.05) is 0 Å². The quantitative estimate of drug-likeness (QED) is 0.425. The Hall–Kier alpha value is -2.26. The molecule has 3 heteroatoms. The summed E-state index contributed by atoms with van der Waals surface area (Å²) in [5, 5.41) is 0. The molecule has 2 aromatic carbocycles. The topological polar surface area (TPSA) is 21.7 Å². The van der Waals surface area contributed by atoms with Crippen molar-refractivity contribution in [1.29, 1.82) is 0 Å². The molecule has 0 radical (unpaired) electrons. The van der Waals surface area contributed by atoms with Crippen molar-refractivity contribution in [2.24, 2.45) is 0 Å². The lowest BCUT2D eigenvalue weighted by molar-refractivity contribution is 0.182. The molecule has 2 aliphatic heterocycles. The van der Waals surface area contributed by atoms with Crippen molar-refractivity contribution in [3.8, 4) is 11.5 Å². The lowest BCUT2D eigenvalue weighted by atomic mass is 9.79. The van der Waals surface area contributed by atoms with Gasteiger partial charge in [-0.25, -0.2) is 0 Å². The van der Waals surface area contributed by atoms with Crippen molar-refractivity contribution in [2.75, 3.05) is 27.3 Å². The zero-order chi connectivity index (χ0) is 22.7. The molecule has 0 spiro atoms. The number of rotatable bonds is 8. The Morgan fingerprint density at radius 2 is 1.78 bits per heavy atom. The van der Waals surface area contributed by atoms with Gasteiger partial charge < -0.3 is 9.47 Å². The second kappa shape index (κ2) is 10.1. The molecule has 2 aliphatic rings. The van der Waals surface area contributed by atoms with Crippen molar-refractivity contribution in [1.82, 2.24) is 4.90 Å². The highest BCUT2D eigenvalue weighted by Gasteiger charge is 2.33.